The third-order valence-electron chi connectivity index (χ3n) is 1.68. The highest BCUT2D eigenvalue weighted by Gasteiger charge is 2.18. The largest absolute Gasteiger partial charge is 0.507 e. The molecular formula is C10H8INO3. The summed E-state index contributed by atoms with van der Waals surface area (Å²) < 4.78 is 5.43. The van der Waals surface area contributed by atoms with E-state index in [0.717, 1.165) is 0 Å². The maximum absolute atomic E-state index is 11.4. The summed E-state index contributed by atoms with van der Waals surface area (Å²) in [5, 5.41) is 18.4. The quantitative estimate of drug-likeness (QED) is 0.669. The molecule has 1 N–H and O–H groups in total. The minimum atomic E-state index is -0.678. The van der Waals surface area contributed by atoms with Crippen LogP contribution < -0.4 is 0 Å². The number of ether oxygens (including phenoxy) is 1. The lowest BCUT2D eigenvalue weighted by atomic mass is 10.1. The molecule has 0 aliphatic carbocycles. The summed E-state index contributed by atoms with van der Waals surface area (Å²) in [7, 11) is 0. The van der Waals surface area contributed by atoms with Gasteiger partial charge < -0.3 is 9.84 Å². The second kappa shape index (κ2) is 4.98. The second-order valence-electron chi connectivity index (χ2n) is 2.68. The first-order chi connectivity index (χ1) is 7.10. The van der Waals surface area contributed by atoms with Crippen molar-refractivity contribution in [3.8, 4) is 11.8 Å². The number of phenols is 1. The van der Waals surface area contributed by atoms with E-state index in [1.807, 2.05) is 28.7 Å². The molecule has 0 bridgehead atoms. The molecule has 1 aromatic carbocycles. The van der Waals surface area contributed by atoms with Gasteiger partial charge in [0.1, 0.15) is 17.4 Å². The standard InChI is InChI=1S/C10H8INO3/c1-2-15-10(14)9-6(5-12)3-7(11)4-8(9)13/h3-4,13H,2H2,1H3. The molecule has 1 rings (SSSR count). The summed E-state index contributed by atoms with van der Waals surface area (Å²) in [5.74, 6) is -0.903. The summed E-state index contributed by atoms with van der Waals surface area (Å²) in [6, 6.07) is 4.78. The molecule has 0 atom stereocenters. The molecule has 5 heteroatoms. The van der Waals surface area contributed by atoms with E-state index in [4.69, 9.17) is 10.00 Å². The Morgan fingerprint density at radius 2 is 2.33 bits per heavy atom. The average Bonchev–Trinajstić information content (AvgIpc) is 2.16. The molecule has 0 amide bonds. The molecule has 0 aromatic heterocycles. The Labute approximate surface area is 101 Å². The summed E-state index contributed by atoms with van der Waals surface area (Å²) in [6.45, 7) is 1.86. The van der Waals surface area contributed by atoms with Gasteiger partial charge in [-0.3, -0.25) is 0 Å². The molecule has 0 unspecified atom stereocenters. The zero-order chi connectivity index (χ0) is 11.4. The number of halogens is 1. The minimum Gasteiger partial charge on any atom is -0.507 e. The number of nitriles is 1. The van der Waals surface area contributed by atoms with Gasteiger partial charge >= 0.3 is 5.97 Å². The normalized spacial score (nSPS) is 9.40. The van der Waals surface area contributed by atoms with Crippen LogP contribution in [0.2, 0.25) is 0 Å². The molecule has 0 radical (unpaired) electrons. The maximum Gasteiger partial charge on any atom is 0.343 e. The smallest absolute Gasteiger partial charge is 0.343 e. The molecule has 4 nitrogen and oxygen atoms in total. The average molecular weight is 317 g/mol. The third-order valence-corrected chi connectivity index (χ3v) is 2.31. The molecule has 15 heavy (non-hydrogen) atoms. The maximum atomic E-state index is 11.4. The van der Waals surface area contributed by atoms with Crippen molar-refractivity contribution in [1.29, 1.82) is 5.26 Å². The highest BCUT2D eigenvalue weighted by atomic mass is 127. The van der Waals surface area contributed by atoms with Gasteiger partial charge in [-0.05, 0) is 41.6 Å². The van der Waals surface area contributed by atoms with Gasteiger partial charge in [0.2, 0.25) is 0 Å². The monoisotopic (exact) mass is 317 g/mol. The number of hydrogen-bond donors (Lipinski definition) is 1. The van der Waals surface area contributed by atoms with Crippen LogP contribution in [0.15, 0.2) is 12.1 Å². The first-order valence-corrected chi connectivity index (χ1v) is 5.27. The molecule has 0 heterocycles. The Morgan fingerprint density at radius 1 is 1.67 bits per heavy atom. The molecule has 0 aliphatic rings. The van der Waals surface area contributed by atoms with Crippen LogP contribution in [0.5, 0.6) is 5.75 Å². The van der Waals surface area contributed by atoms with Crippen molar-refractivity contribution < 1.29 is 14.6 Å². The topological polar surface area (TPSA) is 70.3 Å². The lowest BCUT2D eigenvalue weighted by Gasteiger charge is -2.06. The predicted octanol–water partition coefficient (Wildman–Crippen LogP) is 2.05. The van der Waals surface area contributed by atoms with Gasteiger partial charge in [-0.25, -0.2) is 4.79 Å². The van der Waals surface area contributed by atoms with Crippen molar-refractivity contribution in [3.05, 3.63) is 26.8 Å². The van der Waals surface area contributed by atoms with E-state index in [9.17, 15) is 9.90 Å². The first-order valence-electron chi connectivity index (χ1n) is 4.19. The molecule has 0 spiro atoms. The van der Waals surface area contributed by atoms with Gasteiger partial charge in [0.15, 0.2) is 0 Å². The van der Waals surface area contributed by atoms with Crippen LogP contribution in [-0.2, 0) is 4.74 Å². The van der Waals surface area contributed by atoms with Gasteiger partial charge in [0.25, 0.3) is 0 Å². The van der Waals surface area contributed by atoms with Crippen molar-refractivity contribution in [2.24, 2.45) is 0 Å². The first kappa shape index (κ1) is 11.8. The van der Waals surface area contributed by atoms with Crippen molar-refractivity contribution >= 4 is 28.6 Å². The molecule has 1 aromatic rings. The lowest BCUT2D eigenvalue weighted by molar-refractivity contribution is 0.0522. The van der Waals surface area contributed by atoms with Gasteiger partial charge in [-0.1, -0.05) is 0 Å². The van der Waals surface area contributed by atoms with Crippen LogP contribution in [-0.4, -0.2) is 17.7 Å². The van der Waals surface area contributed by atoms with Crippen LogP contribution >= 0.6 is 22.6 Å². The van der Waals surface area contributed by atoms with Crippen LogP contribution in [0, 0.1) is 14.9 Å². The molecule has 0 saturated carbocycles. The van der Waals surface area contributed by atoms with Crippen molar-refractivity contribution in [2.75, 3.05) is 6.61 Å². The fourth-order valence-electron chi connectivity index (χ4n) is 1.10. The van der Waals surface area contributed by atoms with Crippen LogP contribution in [0.25, 0.3) is 0 Å². The number of rotatable bonds is 2. The molecule has 78 valence electrons. The van der Waals surface area contributed by atoms with Crippen LogP contribution in [0.1, 0.15) is 22.8 Å². The summed E-state index contributed by atoms with van der Waals surface area (Å²) in [6.07, 6.45) is 0. The van der Waals surface area contributed by atoms with Crippen molar-refractivity contribution in [2.45, 2.75) is 6.92 Å². The Morgan fingerprint density at radius 3 is 2.87 bits per heavy atom. The van der Waals surface area contributed by atoms with E-state index < -0.39 is 5.97 Å². The Bertz CT molecular complexity index is 437. The fraction of sp³-hybridized carbons (Fsp3) is 0.200. The molecule has 0 fully saturated rings. The summed E-state index contributed by atoms with van der Waals surface area (Å²) >= 11 is 1.95. The Kier molecular flexibility index (Phi) is 3.91. The van der Waals surface area contributed by atoms with Crippen LogP contribution in [0.3, 0.4) is 0 Å². The Balaban J connectivity index is 3.28. The zero-order valence-electron chi connectivity index (χ0n) is 7.95. The van der Waals surface area contributed by atoms with E-state index in [1.54, 1.807) is 6.92 Å². The minimum absolute atomic E-state index is 0.0697. The predicted molar refractivity (Wildman–Crippen MR) is 61.5 cm³/mol. The van der Waals surface area contributed by atoms with E-state index >= 15 is 0 Å². The van der Waals surface area contributed by atoms with E-state index in [1.165, 1.54) is 12.1 Å². The van der Waals surface area contributed by atoms with Crippen LogP contribution in [0.4, 0.5) is 0 Å². The van der Waals surface area contributed by atoms with Crippen molar-refractivity contribution in [1.82, 2.24) is 0 Å². The zero-order valence-corrected chi connectivity index (χ0v) is 10.1. The van der Waals surface area contributed by atoms with E-state index in [-0.39, 0.29) is 23.5 Å². The number of phenolic OH excluding ortho intramolecular Hbond substituents is 1. The lowest BCUT2D eigenvalue weighted by Crippen LogP contribution is -2.07. The number of carbonyl (C=O) groups excluding carboxylic acids is 1. The number of hydrogen-bond acceptors (Lipinski definition) is 4. The van der Waals surface area contributed by atoms with E-state index in [0.29, 0.717) is 3.57 Å². The third kappa shape index (κ3) is 2.59. The molecular weight excluding hydrogens is 309 g/mol. The second-order valence-corrected chi connectivity index (χ2v) is 3.93. The Hall–Kier alpha value is -1.29. The van der Waals surface area contributed by atoms with E-state index in [2.05, 4.69) is 0 Å². The molecule has 0 saturated heterocycles. The number of aromatic hydroxyl groups is 1. The van der Waals surface area contributed by atoms with Gasteiger partial charge in [-0.2, -0.15) is 5.26 Å². The van der Waals surface area contributed by atoms with Crippen molar-refractivity contribution in [3.63, 3.8) is 0 Å². The highest BCUT2D eigenvalue weighted by molar-refractivity contribution is 14.1. The SMILES string of the molecule is CCOC(=O)c1c(O)cc(I)cc1C#N. The van der Waals surface area contributed by atoms with Gasteiger partial charge in [0.05, 0.1) is 12.2 Å². The highest BCUT2D eigenvalue weighted by Crippen LogP contribution is 2.25. The number of benzene rings is 1. The summed E-state index contributed by atoms with van der Waals surface area (Å²) in [5.41, 5.74) is 0.0533. The fourth-order valence-corrected chi connectivity index (χ4v) is 1.70. The molecule has 0 aliphatic heterocycles. The number of esters is 1. The summed E-state index contributed by atoms with van der Waals surface area (Å²) in [4.78, 5) is 11.4. The van der Waals surface area contributed by atoms with Gasteiger partial charge in [-0.15, -0.1) is 0 Å². The number of nitrogens with zero attached hydrogens (tertiary/aromatic N) is 1. The number of carbonyl (C=O) groups is 1. The van der Waals surface area contributed by atoms with Gasteiger partial charge in [0, 0.05) is 3.57 Å².